The molecular formula is C14H26N4. The molecule has 102 valence electrons. The van der Waals surface area contributed by atoms with E-state index in [1.165, 1.54) is 5.56 Å². The molecule has 1 aromatic heterocycles. The van der Waals surface area contributed by atoms with Crippen molar-refractivity contribution in [2.45, 2.75) is 52.9 Å². The zero-order chi connectivity index (χ0) is 13.1. The molecule has 0 bridgehead atoms. The molecule has 2 atom stereocenters. The van der Waals surface area contributed by atoms with Gasteiger partial charge in [0, 0.05) is 50.0 Å². The maximum absolute atomic E-state index is 4.35. The van der Waals surface area contributed by atoms with Crippen molar-refractivity contribution in [3.05, 3.63) is 18.0 Å². The molecule has 4 nitrogen and oxygen atoms in total. The summed E-state index contributed by atoms with van der Waals surface area (Å²) in [5, 5.41) is 7.99. The number of piperazine rings is 1. The van der Waals surface area contributed by atoms with E-state index in [2.05, 4.69) is 49.2 Å². The maximum Gasteiger partial charge on any atom is 0.0534 e. The monoisotopic (exact) mass is 250 g/mol. The third-order valence-corrected chi connectivity index (χ3v) is 3.93. The Labute approximate surface area is 110 Å². The van der Waals surface area contributed by atoms with Gasteiger partial charge in [-0.3, -0.25) is 9.58 Å². The highest BCUT2D eigenvalue weighted by atomic mass is 15.3. The Balaban J connectivity index is 1.97. The van der Waals surface area contributed by atoms with Gasteiger partial charge in [-0.1, -0.05) is 13.8 Å². The standard InChI is InChI=1S/C14H26N4/c1-5-18-9-13(7-16-18)8-17-10-14(11(2)3)15-6-12(17)4/h7,9,11-12,14-15H,5-6,8,10H2,1-4H3. The first-order valence-corrected chi connectivity index (χ1v) is 7.09. The summed E-state index contributed by atoms with van der Waals surface area (Å²) >= 11 is 0. The quantitative estimate of drug-likeness (QED) is 0.883. The SMILES string of the molecule is CCn1cc(CN2CC(C(C)C)NCC2C)cn1. The van der Waals surface area contributed by atoms with E-state index in [1.54, 1.807) is 0 Å². The third-order valence-electron chi connectivity index (χ3n) is 3.93. The Kier molecular flexibility index (Phi) is 4.40. The minimum absolute atomic E-state index is 0.602. The van der Waals surface area contributed by atoms with E-state index in [0.29, 0.717) is 18.0 Å². The van der Waals surface area contributed by atoms with Crippen LogP contribution in [0.3, 0.4) is 0 Å². The summed E-state index contributed by atoms with van der Waals surface area (Å²) in [6.07, 6.45) is 4.17. The van der Waals surface area contributed by atoms with E-state index in [9.17, 15) is 0 Å². The van der Waals surface area contributed by atoms with Crippen LogP contribution in [0.4, 0.5) is 0 Å². The average molecular weight is 250 g/mol. The topological polar surface area (TPSA) is 33.1 Å². The first-order valence-electron chi connectivity index (χ1n) is 7.09. The molecule has 0 radical (unpaired) electrons. The molecule has 0 amide bonds. The minimum Gasteiger partial charge on any atom is -0.311 e. The minimum atomic E-state index is 0.602. The van der Waals surface area contributed by atoms with Crippen molar-refractivity contribution < 1.29 is 0 Å². The average Bonchev–Trinajstić information content (AvgIpc) is 2.79. The van der Waals surface area contributed by atoms with Crippen LogP contribution in [-0.2, 0) is 13.1 Å². The molecule has 18 heavy (non-hydrogen) atoms. The summed E-state index contributed by atoms with van der Waals surface area (Å²) in [7, 11) is 0. The summed E-state index contributed by atoms with van der Waals surface area (Å²) in [5.41, 5.74) is 1.33. The second-order valence-electron chi connectivity index (χ2n) is 5.74. The van der Waals surface area contributed by atoms with Crippen molar-refractivity contribution in [1.82, 2.24) is 20.0 Å². The van der Waals surface area contributed by atoms with Crippen LogP contribution < -0.4 is 5.32 Å². The highest BCUT2D eigenvalue weighted by Gasteiger charge is 2.26. The fourth-order valence-electron chi connectivity index (χ4n) is 2.51. The van der Waals surface area contributed by atoms with Gasteiger partial charge < -0.3 is 5.32 Å². The lowest BCUT2D eigenvalue weighted by Crippen LogP contribution is -2.56. The summed E-state index contributed by atoms with van der Waals surface area (Å²) in [6, 6.07) is 1.22. The number of rotatable bonds is 4. The molecule has 1 aromatic rings. The molecular weight excluding hydrogens is 224 g/mol. The lowest BCUT2D eigenvalue weighted by molar-refractivity contribution is 0.116. The second kappa shape index (κ2) is 5.85. The fourth-order valence-corrected chi connectivity index (χ4v) is 2.51. The summed E-state index contributed by atoms with van der Waals surface area (Å²) in [6.45, 7) is 13.2. The Morgan fingerprint density at radius 1 is 1.50 bits per heavy atom. The van der Waals surface area contributed by atoms with Crippen LogP contribution in [0.1, 0.15) is 33.3 Å². The molecule has 2 unspecified atom stereocenters. The number of nitrogens with zero attached hydrogens (tertiary/aromatic N) is 3. The molecule has 0 aromatic carbocycles. The van der Waals surface area contributed by atoms with Gasteiger partial charge in [0.25, 0.3) is 0 Å². The van der Waals surface area contributed by atoms with E-state index in [1.807, 2.05) is 10.9 Å². The first-order chi connectivity index (χ1) is 8.60. The molecule has 1 fully saturated rings. The van der Waals surface area contributed by atoms with Gasteiger partial charge >= 0.3 is 0 Å². The van der Waals surface area contributed by atoms with Gasteiger partial charge in [-0.05, 0) is 19.8 Å². The van der Waals surface area contributed by atoms with Gasteiger partial charge in [-0.2, -0.15) is 5.10 Å². The van der Waals surface area contributed by atoms with E-state index in [4.69, 9.17) is 0 Å². The van der Waals surface area contributed by atoms with Crippen molar-refractivity contribution in [3.63, 3.8) is 0 Å². The van der Waals surface area contributed by atoms with Crippen LogP contribution in [0, 0.1) is 5.92 Å². The highest BCUT2D eigenvalue weighted by Crippen LogP contribution is 2.15. The Morgan fingerprint density at radius 3 is 2.89 bits per heavy atom. The van der Waals surface area contributed by atoms with Crippen LogP contribution in [0.5, 0.6) is 0 Å². The predicted octanol–water partition coefficient (Wildman–Crippen LogP) is 1.72. The number of aryl methyl sites for hydroxylation is 1. The zero-order valence-corrected chi connectivity index (χ0v) is 12.1. The smallest absolute Gasteiger partial charge is 0.0534 e. The van der Waals surface area contributed by atoms with Gasteiger partial charge in [0.15, 0.2) is 0 Å². The highest BCUT2D eigenvalue weighted by molar-refractivity contribution is 5.04. The lowest BCUT2D eigenvalue weighted by Gasteiger charge is -2.40. The van der Waals surface area contributed by atoms with Gasteiger partial charge in [-0.25, -0.2) is 0 Å². The molecule has 2 heterocycles. The van der Waals surface area contributed by atoms with Crippen LogP contribution in [-0.4, -0.2) is 39.9 Å². The molecule has 1 N–H and O–H groups in total. The van der Waals surface area contributed by atoms with Crippen LogP contribution in [0.15, 0.2) is 12.4 Å². The van der Waals surface area contributed by atoms with E-state index < -0.39 is 0 Å². The van der Waals surface area contributed by atoms with Crippen molar-refractivity contribution in [2.75, 3.05) is 13.1 Å². The van der Waals surface area contributed by atoms with Crippen molar-refractivity contribution in [1.29, 1.82) is 0 Å². The predicted molar refractivity (Wildman–Crippen MR) is 74.4 cm³/mol. The van der Waals surface area contributed by atoms with Gasteiger partial charge in [0.05, 0.1) is 6.20 Å². The second-order valence-corrected chi connectivity index (χ2v) is 5.74. The zero-order valence-electron chi connectivity index (χ0n) is 12.1. The van der Waals surface area contributed by atoms with E-state index in [0.717, 1.165) is 26.2 Å². The number of hydrogen-bond donors (Lipinski definition) is 1. The van der Waals surface area contributed by atoms with Gasteiger partial charge in [0.1, 0.15) is 0 Å². The molecule has 4 heteroatoms. The Morgan fingerprint density at radius 2 is 2.28 bits per heavy atom. The molecule has 0 aliphatic carbocycles. The van der Waals surface area contributed by atoms with Gasteiger partial charge in [0.2, 0.25) is 0 Å². The van der Waals surface area contributed by atoms with Crippen molar-refractivity contribution in [3.8, 4) is 0 Å². The first kappa shape index (κ1) is 13.6. The number of hydrogen-bond acceptors (Lipinski definition) is 3. The lowest BCUT2D eigenvalue weighted by atomic mass is 9.99. The normalized spacial score (nSPS) is 25.8. The Bertz CT molecular complexity index is 372. The largest absolute Gasteiger partial charge is 0.311 e. The van der Waals surface area contributed by atoms with Crippen molar-refractivity contribution >= 4 is 0 Å². The number of aromatic nitrogens is 2. The molecule has 1 aliphatic rings. The number of nitrogens with one attached hydrogen (secondary N) is 1. The summed E-state index contributed by atoms with van der Waals surface area (Å²) in [5.74, 6) is 0.693. The third kappa shape index (κ3) is 3.12. The maximum atomic E-state index is 4.35. The van der Waals surface area contributed by atoms with Crippen LogP contribution in [0.2, 0.25) is 0 Å². The Hall–Kier alpha value is -0.870. The summed E-state index contributed by atoms with van der Waals surface area (Å²) in [4.78, 5) is 2.57. The van der Waals surface area contributed by atoms with Crippen LogP contribution in [0.25, 0.3) is 0 Å². The molecule has 2 rings (SSSR count). The molecule has 1 aliphatic heterocycles. The van der Waals surface area contributed by atoms with Crippen molar-refractivity contribution in [2.24, 2.45) is 5.92 Å². The van der Waals surface area contributed by atoms with E-state index in [-0.39, 0.29) is 0 Å². The molecule has 0 saturated carbocycles. The molecule has 0 spiro atoms. The summed E-state index contributed by atoms with van der Waals surface area (Å²) < 4.78 is 2.00. The molecule has 1 saturated heterocycles. The van der Waals surface area contributed by atoms with E-state index >= 15 is 0 Å². The fraction of sp³-hybridized carbons (Fsp3) is 0.786. The van der Waals surface area contributed by atoms with Gasteiger partial charge in [-0.15, -0.1) is 0 Å². The van der Waals surface area contributed by atoms with Crippen LogP contribution >= 0.6 is 0 Å².